The molecule has 7 nitrogen and oxygen atoms in total. The first kappa shape index (κ1) is 16.2. The van der Waals surface area contributed by atoms with E-state index >= 15 is 0 Å². The monoisotopic (exact) mass is 353 g/mol. The molecule has 2 amide bonds. The molecule has 0 radical (unpaired) electrons. The van der Waals surface area contributed by atoms with Gasteiger partial charge in [0, 0.05) is 24.5 Å². The molecule has 2 aromatic heterocycles. The molecule has 3 aromatic rings. The molecule has 1 aliphatic rings. The highest BCUT2D eigenvalue weighted by Gasteiger charge is 2.31. The van der Waals surface area contributed by atoms with Crippen LogP contribution in [-0.4, -0.2) is 26.6 Å². The fourth-order valence-electron chi connectivity index (χ4n) is 3.28. The third-order valence-corrected chi connectivity index (χ3v) is 4.50. The molecule has 0 fully saturated rings. The van der Waals surface area contributed by atoms with Crippen molar-refractivity contribution in [2.75, 3.05) is 10.6 Å². The summed E-state index contributed by atoms with van der Waals surface area (Å²) < 4.78 is 15.1. The van der Waals surface area contributed by atoms with Crippen LogP contribution in [-0.2, 0) is 16.6 Å². The maximum atomic E-state index is 13.4. The largest absolute Gasteiger partial charge is 0.326 e. The van der Waals surface area contributed by atoms with Crippen LogP contribution in [0.1, 0.15) is 23.6 Å². The number of aryl methyl sites for hydroxylation is 2. The summed E-state index contributed by atoms with van der Waals surface area (Å²) in [4.78, 5) is 29.0. The van der Waals surface area contributed by atoms with Crippen LogP contribution in [0, 0.1) is 12.7 Å². The van der Waals surface area contributed by atoms with Crippen molar-refractivity contribution in [2.45, 2.75) is 19.3 Å². The summed E-state index contributed by atoms with van der Waals surface area (Å²) in [6.07, 6.45) is 1.56. The first-order chi connectivity index (χ1) is 12.4. The smallest absolute Gasteiger partial charge is 0.232 e. The Bertz CT molecular complexity index is 1060. The zero-order chi connectivity index (χ0) is 18.4. The van der Waals surface area contributed by atoms with E-state index in [0.29, 0.717) is 16.9 Å². The van der Waals surface area contributed by atoms with Gasteiger partial charge in [-0.3, -0.25) is 14.3 Å². The van der Waals surface area contributed by atoms with Gasteiger partial charge >= 0.3 is 0 Å². The molecule has 0 aliphatic carbocycles. The Hall–Kier alpha value is -3.29. The Morgan fingerprint density at radius 2 is 2.19 bits per heavy atom. The van der Waals surface area contributed by atoms with Crippen LogP contribution in [0.25, 0.3) is 11.0 Å². The summed E-state index contributed by atoms with van der Waals surface area (Å²) in [5.74, 6) is -1.81. The number of rotatable bonds is 2. The molecule has 1 aromatic carbocycles. The fourth-order valence-corrected chi connectivity index (χ4v) is 3.28. The Balaban J connectivity index is 1.65. The van der Waals surface area contributed by atoms with Gasteiger partial charge in [-0.1, -0.05) is 6.07 Å². The van der Waals surface area contributed by atoms with Gasteiger partial charge in [0.05, 0.1) is 23.5 Å². The van der Waals surface area contributed by atoms with E-state index in [2.05, 4.69) is 20.7 Å². The number of hydrogen-bond donors (Lipinski definition) is 2. The van der Waals surface area contributed by atoms with Crippen molar-refractivity contribution in [3.05, 3.63) is 47.5 Å². The number of carbonyl (C=O) groups is 2. The molecule has 0 saturated heterocycles. The number of pyridine rings is 1. The van der Waals surface area contributed by atoms with Gasteiger partial charge in [0.1, 0.15) is 5.82 Å². The number of anilines is 2. The lowest BCUT2D eigenvalue weighted by molar-refractivity contribution is -0.123. The minimum absolute atomic E-state index is 0.00601. The lowest BCUT2D eigenvalue weighted by atomic mass is 9.89. The molecule has 0 spiro atoms. The first-order valence-corrected chi connectivity index (χ1v) is 8.12. The predicted octanol–water partition coefficient (Wildman–Crippen LogP) is 2.48. The molecule has 8 heteroatoms. The SMILES string of the molecule is Cc1nn(C)c2ncc(NC(=O)C3CC(=O)Nc4cc(F)ccc43)cc12. The molecule has 0 bridgehead atoms. The van der Waals surface area contributed by atoms with Gasteiger partial charge in [0.25, 0.3) is 0 Å². The van der Waals surface area contributed by atoms with Crippen molar-refractivity contribution in [1.82, 2.24) is 14.8 Å². The van der Waals surface area contributed by atoms with Crippen LogP contribution in [0.3, 0.4) is 0 Å². The van der Waals surface area contributed by atoms with Gasteiger partial charge in [-0.25, -0.2) is 9.37 Å². The van der Waals surface area contributed by atoms with Crippen molar-refractivity contribution < 1.29 is 14.0 Å². The fraction of sp³-hybridized carbons (Fsp3) is 0.222. The number of hydrogen-bond acceptors (Lipinski definition) is 4. The topological polar surface area (TPSA) is 88.9 Å². The van der Waals surface area contributed by atoms with E-state index < -0.39 is 11.7 Å². The number of aromatic nitrogens is 3. The van der Waals surface area contributed by atoms with Crippen molar-refractivity contribution >= 4 is 34.2 Å². The average molecular weight is 353 g/mol. The standard InChI is InChI=1S/C18H16FN5O2/c1-9-13-6-11(8-20-17(13)24(2)23-9)21-18(26)14-7-16(25)22-15-5-10(19)3-4-12(14)15/h3-6,8,14H,7H2,1-2H3,(H,21,26)(H,22,25). The Morgan fingerprint density at radius 1 is 1.38 bits per heavy atom. The Labute approximate surface area is 148 Å². The number of carbonyl (C=O) groups excluding carboxylic acids is 2. The van der Waals surface area contributed by atoms with Crippen LogP contribution >= 0.6 is 0 Å². The number of amides is 2. The lowest BCUT2D eigenvalue weighted by Gasteiger charge is -2.24. The quantitative estimate of drug-likeness (QED) is 0.741. The normalized spacial score (nSPS) is 16.3. The van der Waals surface area contributed by atoms with E-state index in [9.17, 15) is 14.0 Å². The molecule has 1 aliphatic heterocycles. The van der Waals surface area contributed by atoms with Crippen molar-refractivity contribution in [2.24, 2.45) is 7.05 Å². The van der Waals surface area contributed by atoms with E-state index in [1.54, 1.807) is 24.0 Å². The van der Waals surface area contributed by atoms with Crippen LogP contribution in [0.4, 0.5) is 15.8 Å². The predicted molar refractivity (Wildman–Crippen MR) is 94.3 cm³/mol. The number of fused-ring (bicyclic) bond motifs is 2. The molecular weight excluding hydrogens is 337 g/mol. The summed E-state index contributed by atoms with van der Waals surface area (Å²) in [5, 5.41) is 10.5. The van der Waals surface area contributed by atoms with Gasteiger partial charge < -0.3 is 10.6 Å². The first-order valence-electron chi connectivity index (χ1n) is 8.12. The van der Waals surface area contributed by atoms with Crippen molar-refractivity contribution in [1.29, 1.82) is 0 Å². The van der Waals surface area contributed by atoms with E-state index in [-0.39, 0.29) is 18.2 Å². The number of benzene rings is 1. The molecule has 132 valence electrons. The second-order valence-corrected chi connectivity index (χ2v) is 6.33. The van der Waals surface area contributed by atoms with E-state index in [0.717, 1.165) is 16.7 Å². The van der Waals surface area contributed by atoms with Crippen molar-refractivity contribution in [3.63, 3.8) is 0 Å². The highest BCUT2D eigenvalue weighted by Crippen LogP contribution is 2.33. The third-order valence-electron chi connectivity index (χ3n) is 4.50. The van der Waals surface area contributed by atoms with Crippen LogP contribution in [0.2, 0.25) is 0 Å². The average Bonchev–Trinajstić information content (AvgIpc) is 2.87. The zero-order valence-electron chi connectivity index (χ0n) is 14.2. The molecule has 1 unspecified atom stereocenters. The second-order valence-electron chi connectivity index (χ2n) is 6.33. The highest BCUT2D eigenvalue weighted by molar-refractivity contribution is 6.05. The second kappa shape index (κ2) is 5.91. The molecule has 26 heavy (non-hydrogen) atoms. The number of nitrogens with one attached hydrogen (secondary N) is 2. The van der Waals surface area contributed by atoms with Gasteiger partial charge in [0.15, 0.2) is 5.65 Å². The zero-order valence-corrected chi connectivity index (χ0v) is 14.2. The van der Waals surface area contributed by atoms with Crippen LogP contribution in [0.5, 0.6) is 0 Å². The lowest BCUT2D eigenvalue weighted by Crippen LogP contribution is -2.30. The van der Waals surface area contributed by atoms with E-state index in [1.807, 2.05) is 6.92 Å². The number of nitrogens with zero attached hydrogens (tertiary/aromatic N) is 3. The molecular formula is C18H16FN5O2. The highest BCUT2D eigenvalue weighted by atomic mass is 19.1. The molecule has 4 rings (SSSR count). The summed E-state index contributed by atoms with van der Waals surface area (Å²) >= 11 is 0. The van der Waals surface area contributed by atoms with Gasteiger partial charge in [-0.2, -0.15) is 5.10 Å². The maximum Gasteiger partial charge on any atom is 0.232 e. The van der Waals surface area contributed by atoms with Crippen LogP contribution in [0.15, 0.2) is 30.5 Å². The van der Waals surface area contributed by atoms with Gasteiger partial charge in [-0.15, -0.1) is 0 Å². The van der Waals surface area contributed by atoms with E-state index in [4.69, 9.17) is 0 Å². The Kier molecular flexibility index (Phi) is 3.68. The summed E-state index contributed by atoms with van der Waals surface area (Å²) in [5.41, 5.74) is 2.98. The summed E-state index contributed by atoms with van der Waals surface area (Å²) in [6.45, 7) is 1.87. The number of halogens is 1. The minimum atomic E-state index is -0.690. The van der Waals surface area contributed by atoms with Gasteiger partial charge in [0.2, 0.25) is 11.8 Å². The summed E-state index contributed by atoms with van der Waals surface area (Å²) in [6, 6.07) is 5.83. The maximum absolute atomic E-state index is 13.4. The summed E-state index contributed by atoms with van der Waals surface area (Å²) in [7, 11) is 1.80. The molecule has 2 N–H and O–H groups in total. The molecule has 0 saturated carbocycles. The van der Waals surface area contributed by atoms with Crippen LogP contribution < -0.4 is 10.6 Å². The van der Waals surface area contributed by atoms with E-state index in [1.165, 1.54) is 18.2 Å². The molecule has 1 atom stereocenters. The Morgan fingerprint density at radius 3 is 3.00 bits per heavy atom. The third kappa shape index (κ3) is 2.69. The van der Waals surface area contributed by atoms with Gasteiger partial charge in [-0.05, 0) is 30.7 Å². The molecule has 3 heterocycles. The minimum Gasteiger partial charge on any atom is -0.326 e. The van der Waals surface area contributed by atoms with Crippen molar-refractivity contribution in [3.8, 4) is 0 Å².